The number of nitrogens with one attached hydrogen (secondary N) is 1. The highest BCUT2D eigenvalue weighted by Crippen LogP contribution is 2.17. The summed E-state index contributed by atoms with van der Waals surface area (Å²) < 4.78 is 0. The van der Waals surface area contributed by atoms with Gasteiger partial charge in [0.15, 0.2) is 0 Å². The molecule has 0 aliphatic rings. The van der Waals surface area contributed by atoms with Crippen LogP contribution in [0.1, 0.15) is 27.9 Å². The van der Waals surface area contributed by atoms with Crippen LogP contribution in [-0.4, -0.2) is 17.6 Å². The van der Waals surface area contributed by atoms with Crippen molar-refractivity contribution in [3.05, 3.63) is 65.2 Å². The summed E-state index contributed by atoms with van der Waals surface area (Å²) in [6.07, 6.45) is 1.84. The van der Waals surface area contributed by atoms with E-state index in [-0.39, 0.29) is 11.7 Å². The summed E-state index contributed by atoms with van der Waals surface area (Å²) in [5.74, 6) is 0.00953. The Morgan fingerprint density at radius 3 is 2.60 bits per heavy atom. The fourth-order valence-electron chi connectivity index (χ4n) is 1.99. The number of carbonyl (C=O) groups is 1. The van der Waals surface area contributed by atoms with E-state index in [4.69, 9.17) is 0 Å². The van der Waals surface area contributed by atoms with Crippen molar-refractivity contribution in [2.45, 2.75) is 19.8 Å². The predicted molar refractivity (Wildman–Crippen MR) is 79.9 cm³/mol. The van der Waals surface area contributed by atoms with Gasteiger partial charge in [0.25, 0.3) is 5.91 Å². The second-order valence-electron chi connectivity index (χ2n) is 4.85. The van der Waals surface area contributed by atoms with Crippen LogP contribution in [0.2, 0.25) is 0 Å². The quantitative estimate of drug-likeness (QED) is 0.820. The number of phenolic OH excluding ortho intramolecular Hbond substituents is 1. The molecular weight excluding hydrogens is 250 g/mol. The number of rotatable bonds is 5. The SMILES string of the molecule is Cc1ccc(C(=O)NCCCc2ccccc2)cc1O. The number of benzene rings is 2. The van der Waals surface area contributed by atoms with Crippen LogP contribution in [-0.2, 0) is 6.42 Å². The Morgan fingerprint density at radius 1 is 1.15 bits per heavy atom. The average molecular weight is 269 g/mol. The highest BCUT2D eigenvalue weighted by Gasteiger charge is 2.06. The monoisotopic (exact) mass is 269 g/mol. The summed E-state index contributed by atoms with van der Waals surface area (Å²) in [5, 5.41) is 12.5. The van der Waals surface area contributed by atoms with Crippen LogP contribution < -0.4 is 5.32 Å². The van der Waals surface area contributed by atoms with Crippen LogP contribution in [0.3, 0.4) is 0 Å². The van der Waals surface area contributed by atoms with Crippen LogP contribution in [0.25, 0.3) is 0 Å². The summed E-state index contributed by atoms with van der Waals surface area (Å²) in [6.45, 7) is 2.43. The van der Waals surface area contributed by atoms with Gasteiger partial charge in [-0.25, -0.2) is 0 Å². The minimum absolute atomic E-state index is 0.145. The van der Waals surface area contributed by atoms with E-state index >= 15 is 0 Å². The van der Waals surface area contributed by atoms with Crippen molar-refractivity contribution >= 4 is 5.91 Å². The molecule has 104 valence electrons. The minimum atomic E-state index is -0.145. The molecular formula is C17H19NO2. The van der Waals surface area contributed by atoms with Crippen molar-refractivity contribution < 1.29 is 9.90 Å². The zero-order chi connectivity index (χ0) is 14.4. The third-order valence-corrected chi connectivity index (χ3v) is 3.24. The highest BCUT2D eigenvalue weighted by molar-refractivity contribution is 5.94. The third kappa shape index (κ3) is 3.85. The number of aryl methyl sites for hydroxylation is 2. The number of carbonyl (C=O) groups excluding carboxylic acids is 1. The van der Waals surface area contributed by atoms with Crippen LogP contribution in [0.4, 0.5) is 0 Å². The first kappa shape index (κ1) is 14.1. The van der Waals surface area contributed by atoms with E-state index in [1.54, 1.807) is 19.1 Å². The lowest BCUT2D eigenvalue weighted by Gasteiger charge is -2.07. The van der Waals surface area contributed by atoms with Gasteiger partial charge in [-0.3, -0.25) is 4.79 Å². The van der Waals surface area contributed by atoms with Gasteiger partial charge in [0.1, 0.15) is 5.75 Å². The van der Waals surface area contributed by atoms with Gasteiger partial charge in [-0.15, -0.1) is 0 Å². The van der Waals surface area contributed by atoms with E-state index < -0.39 is 0 Å². The first-order valence-corrected chi connectivity index (χ1v) is 6.78. The smallest absolute Gasteiger partial charge is 0.251 e. The number of hydrogen-bond acceptors (Lipinski definition) is 2. The Bertz CT molecular complexity index is 579. The molecule has 2 aromatic carbocycles. The van der Waals surface area contributed by atoms with Gasteiger partial charge in [0, 0.05) is 12.1 Å². The molecule has 3 nitrogen and oxygen atoms in total. The Labute approximate surface area is 119 Å². The van der Waals surface area contributed by atoms with E-state index in [1.807, 2.05) is 18.2 Å². The van der Waals surface area contributed by atoms with Gasteiger partial charge in [0.2, 0.25) is 0 Å². The van der Waals surface area contributed by atoms with Crippen LogP contribution in [0.5, 0.6) is 5.75 Å². The maximum Gasteiger partial charge on any atom is 0.251 e. The fourth-order valence-corrected chi connectivity index (χ4v) is 1.99. The average Bonchev–Trinajstić information content (AvgIpc) is 2.47. The van der Waals surface area contributed by atoms with Gasteiger partial charge in [-0.05, 0) is 43.0 Å². The molecule has 0 aliphatic carbocycles. The molecule has 20 heavy (non-hydrogen) atoms. The number of hydrogen-bond donors (Lipinski definition) is 2. The van der Waals surface area contributed by atoms with Crippen molar-refractivity contribution in [3.8, 4) is 5.75 Å². The van der Waals surface area contributed by atoms with Crippen molar-refractivity contribution in [1.82, 2.24) is 5.32 Å². The Morgan fingerprint density at radius 2 is 1.90 bits per heavy atom. The second kappa shape index (κ2) is 6.75. The third-order valence-electron chi connectivity index (χ3n) is 3.24. The molecule has 0 fully saturated rings. The van der Waals surface area contributed by atoms with Gasteiger partial charge < -0.3 is 10.4 Å². The number of amides is 1. The van der Waals surface area contributed by atoms with Crippen molar-refractivity contribution in [1.29, 1.82) is 0 Å². The number of phenols is 1. The van der Waals surface area contributed by atoms with Crippen LogP contribution in [0.15, 0.2) is 48.5 Å². The molecule has 0 radical (unpaired) electrons. The van der Waals surface area contributed by atoms with Crippen LogP contribution >= 0.6 is 0 Å². The Hall–Kier alpha value is -2.29. The molecule has 2 aromatic rings. The van der Waals surface area contributed by atoms with Gasteiger partial charge in [-0.1, -0.05) is 36.4 Å². The van der Waals surface area contributed by atoms with Crippen molar-refractivity contribution in [2.24, 2.45) is 0 Å². The summed E-state index contributed by atoms with van der Waals surface area (Å²) in [7, 11) is 0. The molecule has 0 heterocycles. The molecule has 2 N–H and O–H groups in total. The predicted octanol–water partition coefficient (Wildman–Crippen LogP) is 3.06. The zero-order valence-electron chi connectivity index (χ0n) is 11.6. The Balaban J connectivity index is 1.79. The summed E-state index contributed by atoms with van der Waals surface area (Å²) in [6, 6.07) is 15.2. The van der Waals surface area contributed by atoms with Gasteiger partial charge in [-0.2, -0.15) is 0 Å². The molecule has 0 aromatic heterocycles. The molecule has 0 unspecified atom stereocenters. The van der Waals surface area contributed by atoms with E-state index in [2.05, 4.69) is 17.4 Å². The molecule has 0 saturated heterocycles. The molecule has 0 aliphatic heterocycles. The maximum atomic E-state index is 11.9. The normalized spacial score (nSPS) is 10.2. The largest absolute Gasteiger partial charge is 0.508 e. The standard InChI is InChI=1S/C17H19NO2/c1-13-9-10-15(12-16(13)19)17(20)18-11-5-8-14-6-3-2-4-7-14/h2-4,6-7,9-10,12,19H,5,8,11H2,1H3,(H,18,20). The lowest BCUT2D eigenvalue weighted by atomic mass is 10.1. The molecule has 0 spiro atoms. The number of aromatic hydroxyl groups is 1. The minimum Gasteiger partial charge on any atom is -0.508 e. The molecule has 2 rings (SSSR count). The topological polar surface area (TPSA) is 49.3 Å². The second-order valence-corrected chi connectivity index (χ2v) is 4.85. The maximum absolute atomic E-state index is 11.9. The Kier molecular flexibility index (Phi) is 4.77. The lowest BCUT2D eigenvalue weighted by molar-refractivity contribution is 0.0953. The van der Waals surface area contributed by atoms with E-state index in [0.29, 0.717) is 12.1 Å². The summed E-state index contributed by atoms with van der Waals surface area (Å²) >= 11 is 0. The van der Waals surface area contributed by atoms with Gasteiger partial charge in [0.05, 0.1) is 0 Å². The first-order chi connectivity index (χ1) is 9.66. The summed E-state index contributed by atoms with van der Waals surface area (Å²) in [4.78, 5) is 11.9. The molecule has 1 amide bonds. The van der Waals surface area contributed by atoms with E-state index in [9.17, 15) is 9.90 Å². The lowest BCUT2D eigenvalue weighted by Crippen LogP contribution is -2.24. The zero-order valence-corrected chi connectivity index (χ0v) is 11.6. The van der Waals surface area contributed by atoms with Crippen molar-refractivity contribution in [2.75, 3.05) is 6.54 Å². The summed E-state index contributed by atoms with van der Waals surface area (Å²) in [5.41, 5.74) is 2.54. The van der Waals surface area contributed by atoms with Crippen molar-refractivity contribution in [3.63, 3.8) is 0 Å². The molecule has 3 heteroatoms. The molecule has 0 bridgehead atoms. The molecule has 0 saturated carbocycles. The fraction of sp³-hybridized carbons (Fsp3) is 0.235. The first-order valence-electron chi connectivity index (χ1n) is 6.78. The molecule has 0 atom stereocenters. The van der Waals surface area contributed by atoms with E-state index in [1.165, 1.54) is 11.6 Å². The highest BCUT2D eigenvalue weighted by atomic mass is 16.3. The van der Waals surface area contributed by atoms with E-state index in [0.717, 1.165) is 18.4 Å². The van der Waals surface area contributed by atoms with Gasteiger partial charge >= 0.3 is 0 Å². The van der Waals surface area contributed by atoms with Crippen LogP contribution in [0, 0.1) is 6.92 Å².